The maximum atomic E-state index is 11.3. The fraction of sp³-hybridized carbons (Fsp3) is 0.0769. The molecule has 0 atom stereocenters. The average molecular weight is 215 g/mol. The molecule has 0 radical (unpaired) electrons. The van der Waals surface area contributed by atoms with Crippen molar-refractivity contribution >= 4 is 17.8 Å². The molecule has 0 fully saturated rings. The van der Waals surface area contributed by atoms with Crippen LogP contribution in [0.1, 0.15) is 5.56 Å². The summed E-state index contributed by atoms with van der Waals surface area (Å²) in [6.07, 6.45) is 4.38. The average Bonchev–Trinajstić information content (AvgIpc) is 2.34. The molecule has 1 N–H and O–H groups in total. The van der Waals surface area contributed by atoms with Crippen LogP contribution in [0.5, 0.6) is 0 Å². The highest BCUT2D eigenvalue weighted by Crippen LogP contribution is 2.00. The summed E-state index contributed by atoms with van der Waals surface area (Å²) in [5.74, 6) is -1.18. The smallest absolute Gasteiger partial charge is 0.291 e. The Morgan fingerprint density at radius 1 is 1.25 bits per heavy atom. The van der Waals surface area contributed by atoms with Crippen LogP contribution in [0.4, 0.5) is 0 Å². The predicted molar refractivity (Wildman–Crippen MR) is 63.7 cm³/mol. The maximum absolute atomic E-state index is 11.3. The number of amides is 1. The zero-order valence-corrected chi connectivity index (χ0v) is 8.85. The fourth-order valence-electron chi connectivity index (χ4n) is 1.06. The van der Waals surface area contributed by atoms with Crippen molar-refractivity contribution in [1.29, 1.82) is 0 Å². The highest BCUT2D eigenvalue weighted by atomic mass is 16.2. The first-order valence-corrected chi connectivity index (χ1v) is 4.90. The molecule has 0 aromatic heterocycles. The Kier molecular flexibility index (Phi) is 4.73. The minimum absolute atomic E-state index is 0.295. The molecule has 0 aliphatic carbocycles. The Balaban J connectivity index is 2.54. The summed E-state index contributed by atoms with van der Waals surface area (Å²) >= 11 is 0. The van der Waals surface area contributed by atoms with Gasteiger partial charge in [0, 0.05) is 6.54 Å². The zero-order chi connectivity index (χ0) is 11.8. The topological polar surface area (TPSA) is 46.2 Å². The van der Waals surface area contributed by atoms with Gasteiger partial charge in [-0.15, -0.1) is 6.58 Å². The number of carbonyl (C=O) groups excluding carboxylic acids is 2. The van der Waals surface area contributed by atoms with Gasteiger partial charge in [-0.3, -0.25) is 9.59 Å². The van der Waals surface area contributed by atoms with Crippen LogP contribution >= 0.6 is 0 Å². The van der Waals surface area contributed by atoms with Crippen LogP contribution in [0.2, 0.25) is 0 Å². The summed E-state index contributed by atoms with van der Waals surface area (Å²) in [5.41, 5.74) is 0.882. The monoisotopic (exact) mass is 215 g/mol. The van der Waals surface area contributed by atoms with Crippen molar-refractivity contribution in [2.45, 2.75) is 0 Å². The van der Waals surface area contributed by atoms with Crippen molar-refractivity contribution in [3.8, 4) is 0 Å². The molecule has 3 heteroatoms. The van der Waals surface area contributed by atoms with Gasteiger partial charge in [0.1, 0.15) is 0 Å². The van der Waals surface area contributed by atoms with E-state index in [1.165, 1.54) is 12.2 Å². The molecule has 1 amide bonds. The van der Waals surface area contributed by atoms with E-state index in [1.54, 1.807) is 6.08 Å². The van der Waals surface area contributed by atoms with Crippen LogP contribution in [0.3, 0.4) is 0 Å². The first-order valence-electron chi connectivity index (χ1n) is 4.90. The van der Waals surface area contributed by atoms with Crippen LogP contribution in [0.15, 0.2) is 49.1 Å². The third kappa shape index (κ3) is 3.92. The Labute approximate surface area is 94.5 Å². The van der Waals surface area contributed by atoms with Gasteiger partial charge in [-0.2, -0.15) is 0 Å². The van der Waals surface area contributed by atoms with Crippen molar-refractivity contribution in [1.82, 2.24) is 5.32 Å². The Hall–Kier alpha value is -2.16. The van der Waals surface area contributed by atoms with Crippen molar-refractivity contribution in [2.75, 3.05) is 6.54 Å². The molecule has 82 valence electrons. The second kappa shape index (κ2) is 6.35. The van der Waals surface area contributed by atoms with Gasteiger partial charge < -0.3 is 5.32 Å². The first-order chi connectivity index (χ1) is 7.74. The highest BCUT2D eigenvalue weighted by molar-refractivity contribution is 6.41. The lowest BCUT2D eigenvalue weighted by Crippen LogP contribution is -2.29. The molecule has 0 heterocycles. The van der Waals surface area contributed by atoms with Gasteiger partial charge in [-0.25, -0.2) is 0 Å². The van der Waals surface area contributed by atoms with Crippen LogP contribution in [-0.2, 0) is 9.59 Å². The number of rotatable bonds is 5. The fourth-order valence-corrected chi connectivity index (χ4v) is 1.06. The predicted octanol–water partition coefficient (Wildman–Crippen LogP) is 1.57. The molecule has 1 rings (SSSR count). The van der Waals surface area contributed by atoms with Crippen molar-refractivity contribution in [2.24, 2.45) is 0 Å². The number of carbonyl (C=O) groups is 2. The molecule has 0 aliphatic rings. The molecule has 0 spiro atoms. The van der Waals surface area contributed by atoms with Gasteiger partial charge in [0.15, 0.2) is 0 Å². The molecule has 16 heavy (non-hydrogen) atoms. The first kappa shape index (κ1) is 11.9. The SMILES string of the molecule is C=CCNC(=O)C(=O)/C=C/c1ccccc1. The van der Waals surface area contributed by atoms with E-state index >= 15 is 0 Å². The minimum atomic E-state index is -0.618. The summed E-state index contributed by atoms with van der Waals surface area (Å²) in [6, 6.07) is 9.32. The van der Waals surface area contributed by atoms with E-state index in [2.05, 4.69) is 11.9 Å². The number of ketones is 1. The van der Waals surface area contributed by atoms with Gasteiger partial charge in [0.2, 0.25) is 5.78 Å². The quantitative estimate of drug-likeness (QED) is 0.460. The summed E-state index contributed by atoms with van der Waals surface area (Å²) in [6.45, 7) is 3.74. The van der Waals surface area contributed by atoms with E-state index in [1.807, 2.05) is 30.3 Å². The maximum Gasteiger partial charge on any atom is 0.291 e. The van der Waals surface area contributed by atoms with Crippen molar-refractivity contribution in [3.05, 3.63) is 54.6 Å². The second-order valence-corrected chi connectivity index (χ2v) is 3.11. The van der Waals surface area contributed by atoms with Gasteiger partial charge in [0.25, 0.3) is 5.91 Å². The van der Waals surface area contributed by atoms with E-state index in [0.29, 0.717) is 6.54 Å². The molecule has 0 unspecified atom stereocenters. The standard InChI is InChI=1S/C13H13NO2/c1-2-10-14-13(16)12(15)9-8-11-6-4-3-5-7-11/h2-9H,1,10H2,(H,14,16)/b9-8+. The number of benzene rings is 1. The molecule has 0 aliphatic heterocycles. The molecule has 0 bridgehead atoms. The summed E-state index contributed by atoms with van der Waals surface area (Å²) in [7, 11) is 0. The van der Waals surface area contributed by atoms with E-state index in [4.69, 9.17) is 0 Å². The largest absolute Gasteiger partial charge is 0.346 e. The van der Waals surface area contributed by atoms with Gasteiger partial charge in [-0.05, 0) is 11.6 Å². The Morgan fingerprint density at radius 2 is 1.94 bits per heavy atom. The van der Waals surface area contributed by atoms with Crippen molar-refractivity contribution < 1.29 is 9.59 Å². The van der Waals surface area contributed by atoms with Gasteiger partial charge >= 0.3 is 0 Å². The number of hydrogen-bond acceptors (Lipinski definition) is 2. The second-order valence-electron chi connectivity index (χ2n) is 3.11. The number of hydrogen-bond donors (Lipinski definition) is 1. The molecule has 3 nitrogen and oxygen atoms in total. The lowest BCUT2D eigenvalue weighted by molar-refractivity contribution is -0.135. The van der Waals surface area contributed by atoms with E-state index in [-0.39, 0.29) is 0 Å². The molecular weight excluding hydrogens is 202 g/mol. The van der Waals surface area contributed by atoms with Gasteiger partial charge in [0.05, 0.1) is 0 Å². The molecule has 0 saturated carbocycles. The van der Waals surface area contributed by atoms with Crippen LogP contribution < -0.4 is 5.32 Å². The Morgan fingerprint density at radius 3 is 2.56 bits per heavy atom. The minimum Gasteiger partial charge on any atom is -0.346 e. The van der Waals surface area contributed by atoms with E-state index in [9.17, 15) is 9.59 Å². The summed E-state index contributed by atoms with van der Waals surface area (Å²) in [5, 5.41) is 2.41. The lowest BCUT2D eigenvalue weighted by Gasteiger charge is -1.96. The van der Waals surface area contributed by atoms with Crippen molar-refractivity contribution in [3.63, 3.8) is 0 Å². The van der Waals surface area contributed by atoms with E-state index < -0.39 is 11.7 Å². The molecule has 1 aromatic carbocycles. The number of nitrogens with one attached hydrogen (secondary N) is 1. The molecule has 0 saturated heterocycles. The van der Waals surface area contributed by atoms with Crippen LogP contribution in [0, 0.1) is 0 Å². The summed E-state index contributed by atoms with van der Waals surface area (Å²) < 4.78 is 0. The zero-order valence-electron chi connectivity index (χ0n) is 8.85. The molecular formula is C13H13NO2. The third-order valence-electron chi connectivity index (χ3n) is 1.86. The van der Waals surface area contributed by atoms with Crippen LogP contribution in [-0.4, -0.2) is 18.2 Å². The summed E-state index contributed by atoms with van der Waals surface area (Å²) in [4.78, 5) is 22.5. The highest BCUT2D eigenvalue weighted by Gasteiger charge is 2.07. The lowest BCUT2D eigenvalue weighted by atomic mass is 10.2. The molecule has 1 aromatic rings. The normalized spacial score (nSPS) is 10.0. The van der Waals surface area contributed by atoms with Crippen LogP contribution in [0.25, 0.3) is 6.08 Å². The third-order valence-corrected chi connectivity index (χ3v) is 1.86. The van der Waals surface area contributed by atoms with E-state index in [0.717, 1.165) is 5.56 Å². The Bertz CT molecular complexity index is 407. The van der Waals surface area contributed by atoms with Gasteiger partial charge in [-0.1, -0.05) is 42.5 Å².